The van der Waals surface area contributed by atoms with E-state index in [2.05, 4.69) is 5.10 Å². The molecule has 1 N–H and O–H groups in total. The minimum atomic E-state index is -0.445. The third-order valence-electron chi connectivity index (χ3n) is 4.27. The number of nitrogens with zero attached hydrogens (tertiary/aromatic N) is 2. The summed E-state index contributed by atoms with van der Waals surface area (Å²) in [5.41, 5.74) is 1.24. The third-order valence-corrected chi connectivity index (χ3v) is 5.12. The number of phenolic OH excluding ortho intramolecular Hbond substituents is 1. The highest BCUT2D eigenvalue weighted by Gasteiger charge is 2.36. The molecule has 0 fully saturated rings. The zero-order valence-electron chi connectivity index (χ0n) is 14.0. The summed E-state index contributed by atoms with van der Waals surface area (Å²) in [6, 6.07) is 12.0. The number of phenols is 1. The van der Waals surface area contributed by atoms with Crippen LogP contribution in [0, 0.1) is 0 Å². The molecule has 0 saturated heterocycles. The fraction of sp³-hybridized carbons (Fsp3) is 0.158. The van der Waals surface area contributed by atoms with Gasteiger partial charge >= 0.3 is 0 Å². The van der Waals surface area contributed by atoms with Crippen LogP contribution in [0.4, 0.5) is 0 Å². The first-order valence-electron chi connectivity index (χ1n) is 8.03. The number of hydrogen-bond acceptors (Lipinski definition) is 6. The van der Waals surface area contributed by atoms with E-state index in [0.717, 1.165) is 0 Å². The van der Waals surface area contributed by atoms with Gasteiger partial charge in [0.05, 0.1) is 24.3 Å². The van der Waals surface area contributed by atoms with Crippen LogP contribution in [0.1, 0.15) is 33.5 Å². The number of aromatic hydroxyl groups is 1. The molecule has 3 heterocycles. The minimum absolute atomic E-state index is 0.0138. The van der Waals surface area contributed by atoms with Crippen molar-refractivity contribution in [3.05, 3.63) is 70.3 Å². The quantitative estimate of drug-likeness (QED) is 0.754. The Bertz CT molecular complexity index is 948. The third kappa shape index (κ3) is 2.76. The number of carbonyl (C=O) groups excluding carboxylic acids is 1. The molecule has 1 unspecified atom stereocenters. The van der Waals surface area contributed by atoms with Crippen LogP contribution in [0.25, 0.3) is 0 Å². The van der Waals surface area contributed by atoms with Gasteiger partial charge in [-0.1, -0.05) is 18.2 Å². The molecule has 7 heteroatoms. The number of carbonyl (C=O) groups is 1. The number of para-hydroxylation sites is 1. The first-order valence-corrected chi connectivity index (χ1v) is 8.91. The van der Waals surface area contributed by atoms with E-state index in [1.54, 1.807) is 42.7 Å². The number of rotatable bonds is 4. The second kappa shape index (κ2) is 6.68. The second-order valence-corrected chi connectivity index (χ2v) is 6.72. The number of hydrogen-bond donors (Lipinski definition) is 1. The predicted octanol–water partition coefficient (Wildman–Crippen LogP) is 4.05. The normalized spacial score (nSPS) is 16.6. The Balaban J connectivity index is 1.76. The zero-order chi connectivity index (χ0) is 18.1. The molecular weight excluding hydrogens is 352 g/mol. The van der Waals surface area contributed by atoms with Crippen molar-refractivity contribution in [2.45, 2.75) is 12.5 Å². The highest BCUT2D eigenvalue weighted by molar-refractivity contribution is 7.12. The first kappa shape index (κ1) is 16.4. The minimum Gasteiger partial charge on any atom is -0.504 e. The van der Waals surface area contributed by atoms with Crippen molar-refractivity contribution in [1.29, 1.82) is 0 Å². The average molecular weight is 368 g/mol. The van der Waals surface area contributed by atoms with Crippen LogP contribution in [-0.4, -0.2) is 28.8 Å². The van der Waals surface area contributed by atoms with Gasteiger partial charge in [0.1, 0.15) is 11.5 Å². The topological polar surface area (TPSA) is 75.3 Å². The van der Waals surface area contributed by atoms with Crippen molar-refractivity contribution in [3.8, 4) is 11.5 Å². The van der Waals surface area contributed by atoms with E-state index < -0.39 is 6.04 Å². The van der Waals surface area contributed by atoms with Gasteiger partial charge in [-0.25, -0.2) is 5.01 Å². The summed E-state index contributed by atoms with van der Waals surface area (Å²) in [6.45, 7) is 0. The molecule has 2 aromatic heterocycles. The molecule has 1 aliphatic rings. The molecule has 0 saturated carbocycles. The van der Waals surface area contributed by atoms with Crippen LogP contribution in [0.15, 0.2) is 63.6 Å². The van der Waals surface area contributed by atoms with Gasteiger partial charge in [0, 0.05) is 12.0 Å². The van der Waals surface area contributed by atoms with Gasteiger partial charge in [-0.05, 0) is 29.6 Å². The molecule has 3 aromatic rings. The summed E-state index contributed by atoms with van der Waals surface area (Å²) < 4.78 is 10.6. The van der Waals surface area contributed by atoms with Crippen LogP contribution in [0.5, 0.6) is 11.5 Å². The summed E-state index contributed by atoms with van der Waals surface area (Å²) in [5, 5.41) is 18.3. The van der Waals surface area contributed by atoms with Crippen molar-refractivity contribution >= 4 is 23.0 Å². The van der Waals surface area contributed by atoms with E-state index in [1.807, 2.05) is 11.4 Å². The van der Waals surface area contributed by atoms with Gasteiger partial charge in [-0.15, -0.1) is 11.3 Å². The van der Waals surface area contributed by atoms with E-state index in [0.29, 0.717) is 34.1 Å². The van der Waals surface area contributed by atoms with Gasteiger partial charge in [-0.2, -0.15) is 5.10 Å². The fourth-order valence-electron chi connectivity index (χ4n) is 3.02. The molecule has 0 spiro atoms. The number of furan rings is 1. The molecule has 0 aliphatic carbocycles. The maximum absolute atomic E-state index is 13.0. The maximum Gasteiger partial charge on any atom is 0.284 e. The van der Waals surface area contributed by atoms with Gasteiger partial charge in [0.2, 0.25) is 0 Å². The lowest BCUT2D eigenvalue weighted by molar-refractivity contribution is 0.0714. The molecule has 6 nitrogen and oxygen atoms in total. The number of hydrazone groups is 1. The lowest BCUT2D eigenvalue weighted by atomic mass is 9.99. The van der Waals surface area contributed by atoms with E-state index >= 15 is 0 Å². The molecule has 1 atom stereocenters. The molecule has 1 amide bonds. The number of benzene rings is 1. The van der Waals surface area contributed by atoms with Crippen LogP contribution < -0.4 is 4.74 Å². The van der Waals surface area contributed by atoms with E-state index in [-0.39, 0.29) is 11.7 Å². The number of methoxy groups -OCH3 is 1. The van der Waals surface area contributed by atoms with Gasteiger partial charge in [0.25, 0.3) is 5.91 Å². The van der Waals surface area contributed by atoms with Gasteiger partial charge in [-0.3, -0.25) is 4.79 Å². The van der Waals surface area contributed by atoms with Crippen molar-refractivity contribution in [2.75, 3.05) is 7.11 Å². The Morgan fingerprint density at radius 1 is 1.31 bits per heavy atom. The number of amides is 1. The van der Waals surface area contributed by atoms with Crippen molar-refractivity contribution in [1.82, 2.24) is 5.01 Å². The highest BCUT2D eigenvalue weighted by Crippen LogP contribution is 2.41. The fourth-order valence-corrected chi connectivity index (χ4v) is 3.67. The summed E-state index contributed by atoms with van der Waals surface area (Å²) in [5.74, 6) is 0.769. The maximum atomic E-state index is 13.0. The zero-order valence-corrected chi connectivity index (χ0v) is 14.8. The van der Waals surface area contributed by atoms with Crippen molar-refractivity contribution in [3.63, 3.8) is 0 Å². The summed E-state index contributed by atoms with van der Waals surface area (Å²) >= 11 is 1.35. The van der Waals surface area contributed by atoms with Crippen LogP contribution in [-0.2, 0) is 0 Å². The highest BCUT2D eigenvalue weighted by atomic mass is 32.1. The molecular formula is C19H16N2O4S. The number of ether oxygens (including phenoxy) is 1. The standard InChI is InChI=1S/C19H16N2O4S/c1-24-16-6-2-5-12(18(16)22)14-11-13(15-7-3-9-25-15)20-21(14)19(23)17-8-4-10-26-17/h2-10,14,22H,11H2,1H3. The van der Waals surface area contributed by atoms with Crippen LogP contribution >= 0.6 is 11.3 Å². The van der Waals surface area contributed by atoms with Gasteiger partial charge in [0.15, 0.2) is 11.5 Å². The Hall–Kier alpha value is -3.06. The lowest BCUT2D eigenvalue weighted by Gasteiger charge is -2.22. The predicted molar refractivity (Wildman–Crippen MR) is 97.8 cm³/mol. The Labute approximate surface area is 153 Å². The molecule has 4 rings (SSSR count). The molecule has 0 bridgehead atoms. The van der Waals surface area contributed by atoms with E-state index in [1.165, 1.54) is 23.5 Å². The van der Waals surface area contributed by atoms with E-state index in [4.69, 9.17) is 9.15 Å². The molecule has 1 aromatic carbocycles. The summed E-state index contributed by atoms with van der Waals surface area (Å²) in [4.78, 5) is 13.5. The van der Waals surface area contributed by atoms with Crippen LogP contribution in [0.3, 0.4) is 0 Å². The van der Waals surface area contributed by atoms with Gasteiger partial charge < -0.3 is 14.3 Å². The smallest absolute Gasteiger partial charge is 0.284 e. The van der Waals surface area contributed by atoms with Crippen LogP contribution in [0.2, 0.25) is 0 Å². The largest absolute Gasteiger partial charge is 0.504 e. The summed E-state index contributed by atoms with van der Waals surface area (Å²) in [6.07, 6.45) is 2.00. The Morgan fingerprint density at radius 3 is 2.88 bits per heavy atom. The Kier molecular flexibility index (Phi) is 4.22. The Morgan fingerprint density at radius 2 is 2.19 bits per heavy atom. The molecule has 1 aliphatic heterocycles. The lowest BCUT2D eigenvalue weighted by Crippen LogP contribution is -2.26. The van der Waals surface area contributed by atoms with Crippen molar-refractivity contribution < 1.29 is 19.1 Å². The van der Waals surface area contributed by atoms with E-state index in [9.17, 15) is 9.90 Å². The summed E-state index contributed by atoms with van der Waals surface area (Å²) in [7, 11) is 1.49. The first-order chi connectivity index (χ1) is 12.7. The monoisotopic (exact) mass is 368 g/mol. The SMILES string of the molecule is COc1cccc(C2CC(c3ccco3)=NN2C(=O)c2cccs2)c1O. The number of thiophene rings is 1. The molecule has 26 heavy (non-hydrogen) atoms. The average Bonchev–Trinajstić information content (AvgIpc) is 3.42. The second-order valence-electron chi connectivity index (χ2n) is 5.77. The molecule has 0 radical (unpaired) electrons. The van der Waals surface area contributed by atoms with Crippen molar-refractivity contribution in [2.24, 2.45) is 5.10 Å². The molecule has 132 valence electrons.